The summed E-state index contributed by atoms with van der Waals surface area (Å²) in [7, 11) is 0. The monoisotopic (exact) mass is 616 g/mol. The molecule has 0 aromatic heterocycles. The normalized spacial score (nSPS) is 17.3. The van der Waals surface area contributed by atoms with E-state index < -0.39 is 12.1 Å². The number of halogens is 4. The predicted molar refractivity (Wildman–Crippen MR) is 160 cm³/mol. The van der Waals surface area contributed by atoms with Crippen LogP contribution < -0.4 is 22.5 Å². The molecule has 0 unspecified atom stereocenters. The summed E-state index contributed by atoms with van der Waals surface area (Å²) in [6, 6.07) is 8.52. The highest BCUT2D eigenvalue weighted by molar-refractivity contribution is 6.35. The molecule has 0 saturated carbocycles. The van der Waals surface area contributed by atoms with E-state index in [1.165, 1.54) is 0 Å². The van der Waals surface area contributed by atoms with Gasteiger partial charge in [0, 0.05) is 58.9 Å². The highest BCUT2D eigenvalue weighted by Crippen LogP contribution is 2.25. The minimum absolute atomic E-state index is 0.176. The van der Waals surface area contributed by atoms with E-state index in [0.717, 1.165) is 24.1 Å². The molecular formula is C27H36Cl4N6O2. The van der Waals surface area contributed by atoms with Crippen molar-refractivity contribution in [1.82, 2.24) is 15.1 Å². The van der Waals surface area contributed by atoms with E-state index in [2.05, 4.69) is 5.32 Å². The van der Waals surface area contributed by atoms with Crippen LogP contribution in [0.25, 0.3) is 0 Å². The Morgan fingerprint density at radius 3 is 1.97 bits per heavy atom. The van der Waals surface area contributed by atoms with Crippen molar-refractivity contribution < 1.29 is 9.59 Å². The van der Waals surface area contributed by atoms with Crippen LogP contribution in [0.4, 0.5) is 0 Å². The van der Waals surface area contributed by atoms with E-state index in [4.69, 9.17) is 63.6 Å². The van der Waals surface area contributed by atoms with Crippen molar-refractivity contribution in [3.05, 3.63) is 67.6 Å². The molecule has 1 fully saturated rings. The van der Waals surface area contributed by atoms with Gasteiger partial charge in [-0.1, -0.05) is 58.5 Å². The van der Waals surface area contributed by atoms with Gasteiger partial charge in [0.05, 0.1) is 12.1 Å². The lowest BCUT2D eigenvalue weighted by Crippen LogP contribution is -2.61. The van der Waals surface area contributed by atoms with Gasteiger partial charge in [0.2, 0.25) is 11.8 Å². The van der Waals surface area contributed by atoms with Crippen molar-refractivity contribution in [3.63, 3.8) is 0 Å². The highest BCUT2D eigenvalue weighted by Gasteiger charge is 2.35. The van der Waals surface area contributed by atoms with Gasteiger partial charge in [0.25, 0.3) is 0 Å². The molecule has 1 aliphatic heterocycles. The first-order valence-electron chi connectivity index (χ1n) is 13.0. The van der Waals surface area contributed by atoms with E-state index in [1.54, 1.807) is 46.2 Å². The van der Waals surface area contributed by atoms with Crippen LogP contribution in [0.15, 0.2) is 36.4 Å². The number of nitrogens with zero attached hydrogens (tertiary/aromatic N) is 2. The van der Waals surface area contributed by atoms with E-state index in [-0.39, 0.29) is 30.7 Å². The van der Waals surface area contributed by atoms with Gasteiger partial charge in [0.1, 0.15) is 0 Å². The average Bonchev–Trinajstić information content (AvgIpc) is 2.90. The summed E-state index contributed by atoms with van der Waals surface area (Å²) in [5.74, 6) is -0.359. The number of benzene rings is 2. The number of amides is 2. The summed E-state index contributed by atoms with van der Waals surface area (Å²) in [6.07, 6.45) is 2.07. The van der Waals surface area contributed by atoms with Gasteiger partial charge >= 0.3 is 0 Å². The smallest absolute Gasteiger partial charge is 0.240 e. The van der Waals surface area contributed by atoms with Crippen LogP contribution >= 0.6 is 46.4 Å². The van der Waals surface area contributed by atoms with Crippen molar-refractivity contribution in [1.29, 1.82) is 0 Å². The van der Waals surface area contributed by atoms with Crippen LogP contribution in [0, 0.1) is 0 Å². The maximum atomic E-state index is 13.5. The predicted octanol–water partition coefficient (Wildman–Crippen LogP) is 3.11. The first-order chi connectivity index (χ1) is 18.6. The second-order valence-electron chi connectivity index (χ2n) is 9.74. The van der Waals surface area contributed by atoms with Crippen molar-refractivity contribution in [2.24, 2.45) is 17.2 Å². The lowest BCUT2D eigenvalue weighted by atomic mass is 10.00. The molecule has 1 heterocycles. The Morgan fingerprint density at radius 2 is 1.44 bits per heavy atom. The number of nitrogens with two attached hydrogens (primary N) is 3. The van der Waals surface area contributed by atoms with Crippen LogP contribution in [0.5, 0.6) is 0 Å². The lowest BCUT2D eigenvalue weighted by molar-refractivity contribution is -0.144. The maximum absolute atomic E-state index is 13.5. The quantitative estimate of drug-likeness (QED) is 0.271. The Balaban J connectivity index is 1.68. The topological polar surface area (TPSA) is 131 Å². The maximum Gasteiger partial charge on any atom is 0.240 e. The Bertz CT molecular complexity index is 1140. The Morgan fingerprint density at radius 1 is 0.872 bits per heavy atom. The minimum atomic E-state index is -0.780. The first-order valence-corrected chi connectivity index (χ1v) is 14.5. The van der Waals surface area contributed by atoms with E-state index in [0.29, 0.717) is 59.2 Å². The number of nitrogens with one attached hydrogen (secondary N) is 1. The standard InChI is InChI=1S/C27H36Cl4N6O2/c28-19-5-3-17(22(30)14-19)12-24(33)26(38)36-10-11-37(21(16-36)2-1-8-35-9-7-32)27(39)25(34)13-18-4-6-20(29)15-23(18)31/h3-6,14-15,21,24-25,35H,1-2,7-13,16,32-34H2/t21-,24+,25+/m0/s1. The van der Waals surface area contributed by atoms with Crippen LogP contribution in [-0.2, 0) is 22.4 Å². The highest BCUT2D eigenvalue weighted by atomic mass is 35.5. The van der Waals surface area contributed by atoms with E-state index >= 15 is 0 Å². The fourth-order valence-electron chi connectivity index (χ4n) is 4.75. The number of carbonyl (C=O) groups excluding carboxylic acids is 2. The molecule has 1 saturated heterocycles. The lowest BCUT2D eigenvalue weighted by Gasteiger charge is -2.43. The molecule has 2 amide bonds. The third-order valence-corrected chi connectivity index (χ3v) is 8.01. The molecule has 39 heavy (non-hydrogen) atoms. The van der Waals surface area contributed by atoms with Crippen LogP contribution in [0.1, 0.15) is 24.0 Å². The second-order valence-corrected chi connectivity index (χ2v) is 11.4. The summed E-state index contributed by atoms with van der Waals surface area (Å²) in [6.45, 7) is 3.12. The molecule has 8 nitrogen and oxygen atoms in total. The van der Waals surface area contributed by atoms with Gasteiger partial charge in [-0.25, -0.2) is 0 Å². The molecule has 0 aliphatic carbocycles. The summed E-state index contributed by atoms with van der Waals surface area (Å²) in [5, 5.41) is 5.25. The Hall–Kier alpha value is -1.62. The van der Waals surface area contributed by atoms with Gasteiger partial charge in [-0.15, -0.1) is 0 Å². The molecule has 2 aromatic carbocycles. The van der Waals surface area contributed by atoms with E-state index in [9.17, 15) is 9.59 Å². The Kier molecular flexibility index (Phi) is 12.6. The van der Waals surface area contributed by atoms with Crippen molar-refractivity contribution in [2.45, 2.75) is 43.8 Å². The summed E-state index contributed by atoms with van der Waals surface area (Å²) in [4.78, 5) is 30.3. The van der Waals surface area contributed by atoms with Gasteiger partial charge in [-0.2, -0.15) is 0 Å². The molecule has 0 radical (unpaired) electrons. The molecular weight excluding hydrogens is 582 g/mol. The first kappa shape index (κ1) is 31.9. The number of hydrogen-bond donors (Lipinski definition) is 4. The number of rotatable bonds is 12. The number of carbonyl (C=O) groups is 2. The largest absolute Gasteiger partial charge is 0.338 e. The molecule has 3 rings (SSSR count). The zero-order valence-corrected chi connectivity index (χ0v) is 24.7. The minimum Gasteiger partial charge on any atom is -0.338 e. The zero-order chi connectivity index (χ0) is 28.5. The average molecular weight is 618 g/mol. The van der Waals surface area contributed by atoms with Crippen LogP contribution in [0.3, 0.4) is 0 Å². The molecule has 1 aliphatic rings. The van der Waals surface area contributed by atoms with Crippen molar-refractivity contribution in [3.8, 4) is 0 Å². The fourth-order valence-corrected chi connectivity index (χ4v) is 5.72. The van der Waals surface area contributed by atoms with E-state index in [1.807, 2.05) is 0 Å². The second kappa shape index (κ2) is 15.4. The fraction of sp³-hybridized carbons (Fsp3) is 0.481. The van der Waals surface area contributed by atoms with Crippen molar-refractivity contribution >= 4 is 58.2 Å². The molecule has 7 N–H and O–H groups in total. The summed E-state index contributed by atoms with van der Waals surface area (Å²) < 4.78 is 0. The van der Waals surface area contributed by atoms with Crippen LogP contribution in [-0.4, -0.2) is 79.0 Å². The molecule has 0 spiro atoms. The molecule has 2 aromatic rings. The van der Waals surface area contributed by atoms with Crippen molar-refractivity contribution in [2.75, 3.05) is 39.3 Å². The van der Waals surface area contributed by atoms with Gasteiger partial charge in [-0.05, 0) is 67.6 Å². The Labute approximate surface area is 250 Å². The summed E-state index contributed by atoms with van der Waals surface area (Å²) >= 11 is 24.6. The molecule has 0 bridgehead atoms. The van der Waals surface area contributed by atoms with Crippen LogP contribution in [0.2, 0.25) is 20.1 Å². The number of hydrogen-bond acceptors (Lipinski definition) is 6. The SMILES string of the molecule is NCCNCCC[C@H]1CN(C(=O)[C@H](N)Cc2ccc(Cl)cc2Cl)CCN1C(=O)[C@H](N)Cc1ccc(Cl)cc1Cl. The number of piperazine rings is 1. The van der Waals surface area contributed by atoms with Gasteiger partial charge < -0.3 is 32.3 Å². The van der Waals surface area contributed by atoms with Gasteiger partial charge in [-0.3, -0.25) is 9.59 Å². The molecule has 12 heteroatoms. The third-order valence-electron chi connectivity index (χ3n) is 6.83. The summed E-state index contributed by atoms with van der Waals surface area (Å²) in [5.41, 5.74) is 19.8. The van der Waals surface area contributed by atoms with Gasteiger partial charge in [0.15, 0.2) is 0 Å². The third kappa shape index (κ3) is 9.20. The molecule has 214 valence electrons. The zero-order valence-electron chi connectivity index (χ0n) is 21.7. The molecule has 3 atom stereocenters.